The minimum absolute atomic E-state index is 0.0568. The molecule has 1 aliphatic heterocycles. The molecule has 104 valence electrons. The number of nitrogens with two attached hydrogens (primary N) is 1. The number of hydrogen-bond donors (Lipinski definition) is 3. The molecule has 0 saturated carbocycles. The Morgan fingerprint density at radius 2 is 2.26 bits per heavy atom. The Morgan fingerprint density at radius 3 is 3.00 bits per heavy atom. The molecule has 5 nitrogen and oxygen atoms in total. The second-order valence-corrected chi connectivity index (χ2v) is 5.09. The maximum Gasteiger partial charge on any atom is 0.224 e. The molecule has 0 fully saturated rings. The number of benzene rings is 1. The van der Waals surface area contributed by atoms with Gasteiger partial charge in [0.05, 0.1) is 18.0 Å². The predicted octanol–water partition coefficient (Wildman–Crippen LogP) is 1.85. The highest BCUT2D eigenvalue weighted by molar-refractivity contribution is 5.95. The van der Waals surface area contributed by atoms with E-state index in [1.165, 1.54) is 0 Å². The highest BCUT2D eigenvalue weighted by atomic mass is 16.5. The van der Waals surface area contributed by atoms with Gasteiger partial charge in [0.1, 0.15) is 0 Å². The Balaban J connectivity index is 2.07. The zero-order valence-corrected chi connectivity index (χ0v) is 11.5. The maximum atomic E-state index is 11.3. The highest BCUT2D eigenvalue weighted by Gasteiger charge is 2.16. The summed E-state index contributed by atoms with van der Waals surface area (Å²) in [5.41, 5.74) is 9.56. The maximum absolute atomic E-state index is 11.3. The van der Waals surface area contributed by atoms with Crippen molar-refractivity contribution in [3.8, 4) is 0 Å². The molecular weight excluding hydrogens is 242 g/mol. The van der Waals surface area contributed by atoms with Gasteiger partial charge in [-0.05, 0) is 30.0 Å². The van der Waals surface area contributed by atoms with Crippen LogP contribution in [0.1, 0.15) is 18.9 Å². The Labute approximate surface area is 113 Å². The van der Waals surface area contributed by atoms with Gasteiger partial charge in [0.2, 0.25) is 5.91 Å². The summed E-state index contributed by atoms with van der Waals surface area (Å²) < 4.78 is 5.11. The lowest BCUT2D eigenvalue weighted by Gasteiger charge is -2.20. The van der Waals surface area contributed by atoms with E-state index in [0.29, 0.717) is 24.6 Å². The van der Waals surface area contributed by atoms with Crippen LogP contribution in [-0.4, -0.2) is 26.2 Å². The molecule has 1 amide bonds. The molecule has 1 unspecified atom stereocenters. The van der Waals surface area contributed by atoms with Crippen molar-refractivity contribution in [2.45, 2.75) is 19.8 Å². The summed E-state index contributed by atoms with van der Waals surface area (Å²) in [7, 11) is 1.70. The van der Waals surface area contributed by atoms with Crippen LogP contribution in [0.3, 0.4) is 0 Å². The summed E-state index contributed by atoms with van der Waals surface area (Å²) in [6.45, 7) is 3.64. The lowest BCUT2D eigenvalue weighted by atomic mass is 10.0. The van der Waals surface area contributed by atoms with Crippen LogP contribution in [-0.2, 0) is 16.0 Å². The molecule has 4 N–H and O–H groups in total. The summed E-state index contributed by atoms with van der Waals surface area (Å²) in [4.78, 5) is 11.3. The van der Waals surface area contributed by atoms with E-state index in [2.05, 4.69) is 17.6 Å². The summed E-state index contributed by atoms with van der Waals surface area (Å²) >= 11 is 0. The molecule has 0 spiro atoms. The first-order valence-corrected chi connectivity index (χ1v) is 6.55. The van der Waals surface area contributed by atoms with Crippen LogP contribution in [0.4, 0.5) is 17.1 Å². The number of carbonyl (C=O) groups excluding carboxylic acids is 1. The molecular formula is C14H21N3O2. The van der Waals surface area contributed by atoms with Crippen molar-refractivity contribution in [2.75, 3.05) is 36.6 Å². The number of anilines is 3. The molecule has 0 bridgehead atoms. The average Bonchev–Trinajstić information content (AvgIpc) is 2.36. The minimum Gasteiger partial charge on any atom is -0.397 e. The zero-order chi connectivity index (χ0) is 13.8. The smallest absolute Gasteiger partial charge is 0.224 e. The summed E-state index contributed by atoms with van der Waals surface area (Å²) in [6.07, 6.45) is 1.31. The fraction of sp³-hybridized carbons (Fsp3) is 0.500. The molecule has 1 aromatic carbocycles. The van der Waals surface area contributed by atoms with E-state index in [4.69, 9.17) is 10.5 Å². The fourth-order valence-electron chi connectivity index (χ4n) is 2.23. The number of aryl methyl sites for hydroxylation is 1. The van der Waals surface area contributed by atoms with Crippen molar-refractivity contribution in [1.82, 2.24) is 0 Å². The molecule has 5 heteroatoms. The highest BCUT2D eigenvalue weighted by Crippen LogP contribution is 2.31. The van der Waals surface area contributed by atoms with Crippen LogP contribution < -0.4 is 16.4 Å². The van der Waals surface area contributed by atoms with Gasteiger partial charge in [-0.1, -0.05) is 6.92 Å². The lowest BCUT2D eigenvalue weighted by Crippen LogP contribution is -2.20. The van der Waals surface area contributed by atoms with Crippen molar-refractivity contribution in [3.63, 3.8) is 0 Å². The number of nitrogens with one attached hydrogen (secondary N) is 2. The topological polar surface area (TPSA) is 76.4 Å². The van der Waals surface area contributed by atoms with Gasteiger partial charge in [0.15, 0.2) is 0 Å². The summed E-state index contributed by atoms with van der Waals surface area (Å²) in [5.74, 6) is 0.474. The number of rotatable bonds is 5. The largest absolute Gasteiger partial charge is 0.397 e. The summed E-state index contributed by atoms with van der Waals surface area (Å²) in [5, 5.41) is 6.19. The molecule has 1 aromatic rings. The van der Waals surface area contributed by atoms with Gasteiger partial charge in [0, 0.05) is 25.8 Å². The van der Waals surface area contributed by atoms with Crippen LogP contribution in [0.15, 0.2) is 12.1 Å². The first kappa shape index (κ1) is 13.7. The number of carbonyl (C=O) groups is 1. The van der Waals surface area contributed by atoms with Crippen molar-refractivity contribution >= 4 is 23.0 Å². The molecule has 0 aromatic heterocycles. The normalized spacial score (nSPS) is 15.6. The van der Waals surface area contributed by atoms with E-state index in [1.54, 1.807) is 7.11 Å². The number of hydrogen-bond acceptors (Lipinski definition) is 4. The monoisotopic (exact) mass is 263 g/mol. The first-order chi connectivity index (χ1) is 9.10. The molecule has 1 heterocycles. The number of amides is 1. The zero-order valence-electron chi connectivity index (χ0n) is 11.5. The minimum atomic E-state index is 0.0568. The van der Waals surface area contributed by atoms with Crippen molar-refractivity contribution in [3.05, 3.63) is 17.7 Å². The van der Waals surface area contributed by atoms with E-state index < -0.39 is 0 Å². The average molecular weight is 263 g/mol. The van der Waals surface area contributed by atoms with Crippen LogP contribution in [0.2, 0.25) is 0 Å². The third-order valence-electron chi connectivity index (χ3n) is 3.26. The molecule has 0 aliphatic carbocycles. The van der Waals surface area contributed by atoms with Crippen LogP contribution >= 0.6 is 0 Å². The van der Waals surface area contributed by atoms with Crippen molar-refractivity contribution in [2.24, 2.45) is 5.92 Å². The third kappa shape index (κ3) is 3.38. The Morgan fingerprint density at radius 1 is 1.47 bits per heavy atom. The van der Waals surface area contributed by atoms with E-state index >= 15 is 0 Å². The molecule has 1 atom stereocenters. The van der Waals surface area contributed by atoms with Gasteiger partial charge in [-0.15, -0.1) is 0 Å². The van der Waals surface area contributed by atoms with E-state index in [-0.39, 0.29) is 5.91 Å². The second-order valence-electron chi connectivity index (χ2n) is 5.09. The van der Waals surface area contributed by atoms with Crippen LogP contribution in [0.25, 0.3) is 0 Å². The molecule has 0 radical (unpaired) electrons. The number of nitrogen functional groups attached to an aromatic ring is 1. The SMILES string of the molecule is COCC(C)CNc1cc2c(cc1N)NC(=O)CC2. The van der Waals surface area contributed by atoms with E-state index in [9.17, 15) is 4.79 Å². The Kier molecular flexibility index (Phi) is 4.27. The number of methoxy groups -OCH3 is 1. The second kappa shape index (κ2) is 5.93. The molecule has 0 saturated heterocycles. The van der Waals surface area contributed by atoms with E-state index in [0.717, 1.165) is 29.9 Å². The fourth-order valence-corrected chi connectivity index (χ4v) is 2.23. The van der Waals surface area contributed by atoms with Gasteiger partial charge in [-0.2, -0.15) is 0 Å². The van der Waals surface area contributed by atoms with Crippen molar-refractivity contribution in [1.29, 1.82) is 0 Å². The standard InChI is InChI=1S/C14H21N3O2/c1-9(8-19-2)7-16-13-5-10-3-4-14(18)17-12(10)6-11(13)15/h5-6,9,16H,3-4,7-8,15H2,1-2H3,(H,17,18). The van der Waals surface area contributed by atoms with E-state index in [1.807, 2.05) is 12.1 Å². The van der Waals surface area contributed by atoms with Crippen LogP contribution in [0.5, 0.6) is 0 Å². The Bertz CT molecular complexity index is 474. The van der Waals surface area contributed by atoms with Crippen molar-refractivity contribution < 1.29 is 9.53 Å². The Hall–Kier alpha value is -1.75. The van der Waals surface area contributed by atoms with Crippen LogP contribution in [0, 0.1) is 5.92 Å². The van der Waals surface area contributed by atoms with Gasteiger partial charge < -0.3 is 21.1 Å². The number of fused-ring (bicyclic) bond motifs is 1. The predicted molar refractivity (Wildman–Crippen MR) is 77.3 cm³/mol. The first-order valence-electron chi connectivity index (χ1n) is 6.55. The van der Waals surface area contributed by atoms with Gasteiger partial charge in [-0.25, -0.2) is 0 Å². The molecule has 19 heavy (non-hydrogen) atoms. The lowest BCUT2D eigenvalue weighted by molar-refractivity contribution is -0.116. The third-order valence-corrected chi connectivity index (χ3v) is 3.26. The molecule has 1 aliphatic rings. The van der Waals surface area contributed by atoms with Gasteiger partial charge in [-0.3, -0.25) is 4.79 Å². The summed E-state index contributed by atoms with van der Waals surface area (Å²) in [6, 6.07) is 3.86. The number of ether oxygens (including phenoxy) is 1. The quantitative estimate of drug-likeness (QED) is 0.709. The molecule has 2 rings (SSSR count). The van der Waals surface area contributed by atoms with Gasteiger partial charge in [0.25, 0.3) is 0 Å². The van der Waals surface area contributed by atoms with Gasteiger partial charge >= 0.3 is 0 Å².